The normalized spacial score (nSPS) is 25.8. The number of fused-ring (bicyclic) bond motifs is 8. The summed E-state index contributed by atoms with van der Waals surface area (Å²) in [5.74, 6) is 6.64. The van der Waals surface area contributed by atoms with Crippen molar-refractivity contribution in [2.24, 2.45) is 44.5 Å². The molecule has 2 heterocycles. The Bertz CT molecular complexity index is 4820. The second kappa shape index (κ2) is 48.2. The largest absolute Gasteiger partial charge is 0.508 e. The first-order valence-electron chi connectivity index (χ1n) is 46.9. The van der Waals surface area contributed by atoms with Gasteiger partial charge in [0.15, 0.2) is 6.23 Å². The van der Waals surface area contributed by atoms with Gasteiger partial charge in [0.1, 0.15) is 72.8 Å². The van der Waals surface area contributed by atoms with Crippen LogP contribution in [0.3, 0.4) is 0 Å². The number of benzene rings is 4. The number of anilines is 2. The molecule has 16 N–H and O–H groups in total. The fourth-order valence-corrected chi connectivity index (χ4v) is 20.3. The van der Waals surface area contributed by atoms with Gasteiger partial charge >= 0.3 is 0 Å². The summed E-state index contributed by atoms with van der Waals surface area (Å²) in [5.41, 5.74) is 5.75. The highest BCUT2D eigenvalue weighted by atomic mass is 16.6. The average molecular weight is 1830 g/mol. The number of aliphatic hydroxyl groups excluding tert-OH is 5. The van der Waals surface area contributed by atoms with Crippen LogP contribution >= 0.6 is 0 Å². The van der Waals surface area contributed by atoms with Gasteiger partial charge in [-0.3, -0.25) is 58.3 Å². The fraction of sp³-hybridized carbons (Fsp3) is 0.612. The van der Waals surface area contributed by atoms with Crippen LogP contribution in [0.4, 0.5) is 11.4 Å². The van der Waals surface area contributed by atoms with Gasteiger partial charge in [-0.15, -0.1) is 0 Å². The zero-order chi connectivity index (χ0) is 94.9. The summed E-state index contributed by atoms with van der Waals surface area (Å²) in [6.07, 6.45) is 3.13. The molecule has 0 bridgehead atoms. The number of nitrogens with one attached hydrogen (secondary N) is 8. The predicted molar refractivity (Wildman–Crippen MR) is 491 cm³/mol. The number of carbonyl (C=O) groups excluding carboxylic acids is 10. The van der Waals surface area contributed by atoms with Crippen molar-refractivity contribution in [2.45, 2.75) is 268 Å². The molecule has 7 aliphatic rings. The Balaban J connectivity index is 0.625. The van der Waals surface area contributed by atoms with Gasteiger partial charge in [0.05, 0.1) is 94.8 Å². The van der Waals surface area contributed by atoms with E-state index >= 15 is 0 Å². The second-order valence-corrected chi connectivity index (χ2v) is 37.2. The smallest absolute Gasteiger partial charge is 0.249 e. The summed E-state index contributed by atoms with van der Waals surface area (Å²) < 4.78 is 34.3. The van der Waals surface area contributed by atoms with E-state index in [0.29, 0.717) is 101 Å². The number of unbranched alkanes of at least 4 members (excludes halogenated alkanes) is 2. The third-order valence-electron chi connectivity index (χ3n) is 27.8. The summed E-state index contributed by atoms with van der Waals surface area (Å²) in [6, 6.07) is 21.1. The first-order valence-corrected chi connectivity index (χ1v) is 46.9. The van der Waals surface area contributed by atoms with Crippen molar-refractivity contribution in [2.75, 3.05) is 96.0 Å². The molecule has 5 aliphatic carbocycles. The molecule has 0 spiro atoms. The Hall–Kier alpha value is -10.2. The Morgan fingerprint density at radius 2 is 1.19 bits per heavy atom. The van der Waals surface area contributed by atoms with Crippen molar-refractivity contribution < 1.29 is 107 Å². The van der Waals surface area contributed by atoms with Crippen LogP contribution in [-0.2, 0) is 107 Å². The maximum atomic E-state index is 14.9. The monoisotopic (exact) mass is 1830 g/mol. The molecule has 16 atom stereocenters. The third-order valence-corrected chi connectivity index (χ3v) is 27.8. The van der Waals surface area contributed by atoms with E-state index in [9.17, 15) is 78.6 Å². The zero-order valence-electron chi connectivity index (χ0n) is 77.2. The quantitative estimate of drug-likeness (QED) is 0.00893. The Kier molecular flexibility index (Phi) is 37.3. The average Bonchev–Trinajstić information content (AvgIpc) is 0.719. The number of aliphatic hydroxyl groups is 5. The number of hydrogen-bond donors (Lipinski definition) is 15. The van der Waals surface area contributed by atoms with Gasteiger partial charge in [-0.25, -0.2) is 0 Å². The van der Waals surface area contributed by atoms with Gasteiger partial charge in [0, 0.05) is 49.2 Å². The molecule has 34 heteroatoms. The summed E-state index contributed by atoms with van der Waals surface area (Å²) in [6.45, 7) is 13.5. The van der Waals surface area contributed by atoms with Crippen LogP contribution in [0.15, 0.2) is 95.0 Å². The number of aliphatic imine (C=N–C) groups is 1. The summed E-state index contributed by atoms with van der Waals surface area (Å²) in [5, 5.41) is 88.7. The maximum Gasteiger partial charge on any atom is 0.249 e. The Labute approximate surface area is 772 Å². The SMILES string of the molecule is CC(C)[C@H](NC(=O)[C@@H](CCCCCNC(=O)COC1CCCCCC(=N[C@@H]2O[C@H](CO)[C@H](O)[C@H](O)[C@H]2O)C1=NN)NC(=O)CCOCCOCCOCCOCCNC(=O)CCC(=O)N1Cc2ccccc2C#Cc2ccccc21)C(=O)N[C@@H](C)C(=O)N[C@@H](CO)C(=O)Nc1ccc2c(c1)[C@@]1(C)CCC[C@](C)(C(=O)NC(=O)[C@@]3(C)CCC[C@]4(C)c5cc(O)ccc5CC[C@@H]34)[C@@H]1CC2. The van der Waals surface area contributed by atoms with Crippen molar-refractivity contribution in [1.29, 1.82) is 0 Å². The minimum absolute atomic E-state index is 0.00282. The van der Waals surface area contributed by atoms with Gasteiger partial charge in [-0.1, -0.05) is 134 Å². The van der Waals surface area contributed by atoms with E-state index in [1.54, 1.807) is 30.9 Å². The van der Waals surface area contributed by atoms with Gasteiger partial charge in [0.25, 0.3) is 0 Å². The highest BCUT2D eigenvalue weighted by molar-refractivity contribution is 6.44. The van der Waals surface area contributed by atoms with Crippen LogP contribution < -0.4 is 53.3 Å². The summed E-state index contributed by atoms with van der Waals surface area (Å²) in [4.78, 5) is 146. The number of ether oxygens (including phenoxy) is 6. The highest BCUT2D eigenvalue weighted by Crippen LogP contribution is 2.60. The molecule has 0 aromatic heterocycles. The van der Waals surface area contributed by atoms with E-state index in [2.05, 4.69) is 78.3 Å². The molecule has 34 nitrogen and oxygen atoms in total. The number of aryl methyl sites for hydroxylation is 2. The van der Waals surface area contributed by atoms with E-state index in [1.807, 2.05) is 86.6 Å². The number of imide groups is 1. The maximum absolute atomic E-state index is 14.9. The number of aromatic hydroxyl groups is 1. The molecule has 11 rings (SSSR count). The number of nitrogens with zero attached hydrogens (tertiary/aromatic N) is 3. The first kappa shape index (κ1) is 102. The molecule has 1 saturated heterocycles. The summed E-state index contributed by atoms with van der Waals surface area (Å²) in [7, 11) is 0. The van der Waals surface area contributed by atoms with Crippen molar-refractivity contribution in [3.8, 4) is 17.6 Å². The molecule has 4 aromatic rings. The lowest BCUT2D eigenvalue weighted by molar-refractivity contribution is -0.226. The predicted octanol–water partition coefficient (Wildman–Crippen LogP) is 5.18. The minimum atomic E-state index is -1.66. The standard InChI is InChI=1S/C98H136N12O22/c1-60(2)83(91(124)102-61(3)88(121)105-73(57-111)90(123)103-67-33-29-63-31-35-77-95(4,69(63)54-67)40-18-42-97(77,6)93(125)108-94(126)98(7)43-19-41-96(5)70-55-68(113)34-30-64(70)32-36-78(96)98)107-89(122)72(24-11-9-17-44-100-81(116)59-131-75-26-12-8-10-23-71(84(75)109-99)106-92-87(120)86(119)85(118)76(58-112)132-92)104-80(115)39-46-127-48-50-129-52-53-130-51-49-128-47-45-101-79(114)37-38-82(117)110-56-66-22-14-13-20-62(66)27-28-65-21-15-16-25-74(65)110/h13-16,20-22,25,29-30,33-34,54-55,60-61,72-73,75-78,83,85-87,92,111-113,118-120H,8-12,17-19,23-24,26,31-32,35-53,56-59,99H2,1-7H3,(H,100,116)(H,101,114)(H,102,124)(H,103,123)(H,104,115)(H,105,121)(H,107,122)(H,108,125,126)/t61-,72+,73-,75?,76+,77+,78+,83-,85-,86-,87+,92+,95+,96+,97-,98-/m0/s1. The number of para-hydroxylation sites is 1. The molecular formula is C98H136N12O22. The molecule has 720 valence electrons. The highest BCUT2D eigenvalue weighted by Gasteiger charge is 2.59. The lowest BCUT2D eigenvalue weighted by atomic mass is 9.49. The van der Waals surface area contributed by atoms with Crippen LogP contribution in [0.25, 0.3) is 0 Å². The van der Waals surface area contributed by atoms with Crippen molar-refractivity contribution in [3.63, 3.8) is 0 Å². The molecule has 4 aromatic carbocycles. The Morgan fingerprint density at radius 3 is 1.85 bits per heavy atom. The van der Waals surface area contributed by atoms with Gasteiger partial charge in [-0.05, 0) is 189 Å². The first-order chi connectivity index (χ1) is 63.3. The number of phenolic OH excluding ortho intramolecular Hbond substituents is 1. The Morgan fingerprint density at radius 1 is 0.568 bits per heavy atom. The van der Waals surface area contributed by atoms with Crippen molar-refractivity contribution in [1.82, 2.24) is 37.2 Å². The number of rotatable bonds is 42. The van der Waals surface area contributed by atoms with Gasteiger partial charge in [-0.2, -0.15) is 5.10 Å². The molecule has 3 saturated carbocycles. The van der Waals surface area contributed by atoms with Crippen LogP contribution in [0.1, 0.15) is 216 Å². The number of nitrogens with two attached hydrogens (primary N) is 1. The second-order valence-electron chi connectivity index (χ2n) is 37.2. The van der Waals surface area contributed by atoms with Gasteiger partial charge in [0.2, 0.25) is 59.1 Å². The fourth-order valence-electron chi connectivity index (χ4n) is 20.3. The molecule has 1 unspecified atom stereocenters. The van der Waals surface area contributed by atoms with E-state index in [4.69, 9.17) is 34.3 Å². The number of amides is 10. The molecule has 4 fully saturated rings. The number of phenols is 1. The van der Waals surface area contributed by atoms with Crippen LogP contribution in [0.2, 0.25) is 0 Å². The molecule has 0 radical (unpaired) electrons. The number of hydrazone groups is 1. The van der Waals surface area contributed by atoms with Crippen LogP contribution in [-0.4, -0.2) is 248 Å². The van der Waals surface area contributed by atoms with Gasteiger partial charge < -0.3 is 107 Å². The summed E-state index contributed by atoms with van der Waals surface area (Å²) >= 11 is 0. The topological polar surface area (TPSA) is 498 Å². The van der Waals surface area contributed by atoms with E-state index in [1.165, 1.54) is 12.5 Å². The zero-order valence-corrected chi connectivity index (χ0v) is 77.2. The van der Waals surface area contributed by atoms with Crippen LogP contribution in [0.5, 0.6) is 5.75 Å². The van der Waals surface area contributed by atoms with Crippen molar-refractivity contribution in [3.05, 3.63) is 124 Å². The molecular weight excluding hydrogens is 1700 g/mol. The molecule has 2 aliphatic heterocycles. The third kappa shape index (κ3) is 25.9. The molecule has 132 heavy (non-hydrogen) atoms. The van der Waals surface area contributed by atoms with E-state index in [-0.39, 0.29) is 144 Å². The van der Waals surface area contributed by atoms with Crippen LogP contribution in [0, 0.1) is 40.4 Å². The number of hydrogen-bond acceptors (Lipinski definition) is 25. The minimum Gasteiger partial charge on any atom is -0.508 e. The van der Waals surface area contributed by atoms with E-state index < -0.39 is 138 Å². The van der Waals surface area contributed by atoms with Crippen molar-refractivity contribution >= 4 is 81.9 Å². The lowest BCUT2D eigenvalue weighted by Crippen LogP contribution is -2.60. The lowest BCUT2D eigenvalue weighted by Gasteiger charge is -2.56. The molecule has 10 amide bonds. The van der Waals surface area contributed by atoms with E-state index in [0.717, 1.165) is 71.9 Å². The number of carbonyl (C=O) groups is 10.